The van der Waals surface area contributed by atoms with Gasteiger partial charge >= 0.3 is 0 Å². The van der Waals surface area contributed by atoms with Gasteiger partial charge in [0.15, 0.2) is 5.96 Å². The van der Waals surface area contributed by atoms with Gasteiger partial charge in [-0.15, -0.1) is 0 Å². The van der Waals surface area contributed by atoms with Crippen LogP contribution in [0.3, 0.4) is 0 Å². The highest BCUT2D eigenvalue weighted by molar-refractivity contribution is 5.79. The summed E-state index contributed by atoms with van der Waals surface area (Å²) in [5, 5.41) is 6.79. The van der Waals surface area contributed by atoms with E-state index < -0.39 is 0 Å². The molecule has 0 saturated heterocycles. The zero-order valence-corrected chi connectivity index (χ0v) is 16.7. The van der Waals surface area contributed by atoms with Crippen LogP contribution in [0.2, 0.25) is 0 Å². The fourth-order valence-electron chi connectivity index (χ4n) is 2.98. The average molecular weight is 368 g/mol. The van der Waals surface area contributed by atoms with Crippen LogP contribution >= 0.6 is 0 Å². The van der Waals surface area contributed by atoms with Crippen LogP contribution in [0.4, 0.5) is 0 Å². The number of hydrogen-bond donors (Lipinski definition) is 2. The average Bonchev–Trinajstić information content (AvgIpc) is 2.72. The molecule has 27 heavy (non-hydrogen) atoms. The number of hydrogen-bond acceptors (Lipinski definition) is 2. The number of benzene rings is 2. The number of ether oxygens (including phenoxy) is 1. The molecule has 2 rings (SSSR count). The highest BCUT2D eigenvalue weighted by Crippen LogP contribution is 2.24. The number of guanidine groups is 1. The molecular weight excluding hydrogens is 334 g/mol. The van der Waals surface area contributed by atoms with Crippen molar-refractivity contribution < 1.29 is 4.74 Å². The molecule has 0 unspecified atom stereocenters. The Labute approximate surface area is 164 Å². The van der Waals surface area contributed by atoms with Crippen LogP contribution < -0.4 is 10.6 Å². The molecule has 0 heterocycles. The van der Waals surface area contributed by atoms with Crippen molar-refractivity contribution in [2.24, 2.45) is 4.99 Å². The predicted molar refractivity (Wildman–Crippen MR) is 114 cm³/mol. The summed E-state index contributed by atoms with van der Waals surface area (Å²) in [6.45, 7) is 8.21. The van der Waals surface area contributed by atoms with E-state index in [4.69, 9.17) is 9.73 Å². The third-order valence-corrected chi connectivity index (χ3v) is 4.39. The molecule has 0 amide bonds. The summed E-state index contributed by atoms with van der Waals surface area (Å²) < 4.78 is 5.39. The molecule has 4 nitrogen and oxygen atoms in total. The maximum Gasteiger partial charge on any atom is 0.191 e. The smallest absolute Gasteiger partial charge is 0.191 e. The Morgan fingerprint density at radius 1 is 0.889 bits per heavy atom. The van der Waals surface area contributed by atoms with Crippen molar-refractivity contribution in [3.05, 3.63) is 71.8 Å². The predicted octanol–water partition coefficient (Wildman–Crippen LogP) is 4.19. The van der Waals surface area contributed by atoms with Gasteiger partial charge in [0.05, 0.1) is 6.54 Å². The molecule has 0 fully saturated rings. The van der Waals surface area contributed by atoms with E-state index in [1.165, 1.54) is 11.1 Å². The van der Waals surface area contributed by atoms with E-state index in [1.54, 1.807) is 0 Å². The monoisotopic (exact) mass is 367 g/mol. The van der Waals surface area contributed by atoms with Gasteiger partial charge in [0.1, 0.15) is 0 Å². The minimum absolute atomic E-state index is 0.251. The van der Waals surface area contributed by atoms with Gasteiger partial charge in [-0.25, -0.2) is 0 Å². The van der Waals surface area contributed by atoms with Crippen molar-refractivity contribution in [2.75, 3.05) is 32.8 Å². The largest absolute Gasteiger partial charge is 0.382 e. The van der Waals surface area contributed by atoms with Crippen LogP contribution in [-0.4, -0.2) is 38.8 Å². The molecular formula is C23H33N3O. The summed E-state index contributed by atoms with van der Waals surface area (Å²) in [5.41, 5.74) is 2.58. The summed E-state index contributed by atoms with van der Waals surface area (Å²) in [6.07, 6.45) is 2.14. The van der Waals surface area contributed by atoms with E-state index in [9.17, 15) is 0 Å². The quantitative estimate of drug-likeness (QED) is 0.356. The van der Waals surface area contributed by atoms with Crippen LogP contribution in [-0.2, 0) is 4.74 Å². The van der Waals surface area contributed by atoms with Crippen molar-refractivity contribution >= 4 is 5.96 Å². The molecule has 0 atom stereocenters. The Morgan fingerprint density at radius 2 is 1.52 bits per heavy atom. The Morgan fingerprint density at radius 3 is 2.07 bits per heavy atom. The molecule has 146 valence electrons. The fraction of sp³-hybridized carbons (Fsp3) is 0.435. The highest BCUT2D eigenvalue weighted by atomic mass is 16.5. The van der Waals surface area contributed by atoms with Crippen LogP contribution in [0.15, 0.2) is 65.7 Å². The Hall–Kier alpha value is -2.33. The molecule has 0 saturated carbocycles. The van der Waals surface area contributed by atoms with Crippen LogP contribution in [0, 0.1) is 0 Å². The lowest BCUT2D eigenvalue weighted by Crippen LogP contribution is -2.38. The molecule has 2 aromatic rings. The van der Waals surface area contributed by atoms with Gasteiger partial charge in [0, 0.05) is 32.2 Å². The Bertz CT molecular complexity index is 604. The SMILES string of the molecule is CCNC(=NCC(c1ccccc1)c1ccccc1)NCCCCOCC. The van der Waals surface area contributed by atoms with Gasteiger partial charge in [0.2, 0.25) is 0 Å². The first-order chi connectivity index (χ1) is 13.3. The molecule has 0 aromatic heterocycles. The number of unbranched alkanes of at least 4 members (excludes halogenated alkanes) is 1. The molecule has 2 N–H and O–H groups in total. The second-order valence-electron chi connectivity index (χ2n) is 6.42. The first kappa shape index (κ1) is 21.0. The third-order valence-electron chi connectivity index (χ3n) is 4.39. The molecule has 2 aromatic carbocycles. The van der Waals surface area contributed by atoms with E-state index in [0.717, 1.165) is 45.1 Å². The second-order valence-corrected chi connectivity index (χ2v) is 6.42. The van der Waals surface area contributed by atoms with Crippen LogP contribution in [0.1, 0.15) is 43.7 Å². The van der Waals surface area contributed by atoms with Gasteiger partial charge in [-0.1, -0.05) is 60.7 Å². The number of rotatable bonds is 11. The van der Waals surface area contributed by atoms with Gasteiger partial charge in [-0.2, -0.15) is 0 Å². The number of nitrogens with one attached hydrogen (secondary N) is 2. The zero-order valence-electron chi connectivity index (χ0n) is 16.7. The molecule has 0 bridgehead atoms. The first-order valence-electron chi connectivity index (χ1n) is 10.0. The minimum Gasteiger partial charge on any atom is -0.382 e. The lowest BCUT2D eigenvalue weighted by atomic mass is 9.91. The molecule has 0 spiro atoms. The number of nitrogens with zero attached hydrogens (tertiary/aromatic N) is 1. The summed E-state index contributed by atoms with van der Waals surface area (Å²) in [6, 6.07) is 21.2. The van der Waals surface area contributed by atoms with Gasteiger partial charge in [0.25, 0.3) is 0 Å². The molecule has 0 aliphatic rings. The Kier molecular flexibility index (Phi) is 10.0. The molecule has 4 heteroatoms. The van der Waals surface area contributed by atoms with E-state index in [0.29, 0.717) is 6.54 Å². The zero-order chi connectivity index (χ0) is 19.2. The summed E-state index contributed by atoms with van der Waals surface area (Å²) >= 11 is 0. The van der Waals surface area contributed by atoms with E-state index in [2.05, 4.69) is 78.2 Å². The lowest BCUT2D eigenvalue weighted by molar-refractivity contribution is 0.143. The summed E-state index contributed by atoms with van der Waals surface area (Å²) in [7, 11) is 0. The maximum absolute atomic E-state index is 5.39. The van der Waals surface area contributed by atoms with Crippen molar-refractivity contribution in [3.8, 4) is 0 Å². The van der Waals surface area contributed by atoms with Gasteiger partial charge in [-0.3, -0.25) is 4.99 Å². The first-order valence-corrected chi connectivity index (χ1v) is 10.0. The topological polar surface area (TPSA) is 45.7 Å². The van der Waals surface area contributed by atoms with Crippen molar-refractivity contribution in [1.82, 2.24) is 10.6 Å². The van der Waals surface area contributed by atoms with E-state index >= 15 is 0 Å². The van der Waals surface area contributed by atoms with Crippen molar-refractivity contribution in [2.45, 2.75) is 32.6 Å². The number of aliphatic imine (C=N–C) groups is 1. The lowest BCUT2D eigenvalue weighted by Gasteiger charge is -2.18. The highest BCUT2D eigenvalue weighted by Gasteiger charge is 2.13. The van der Waals surface area contributed by atoms with Crippen LogP contribution in [0.25, 0.3) is 0 Å². The van der Waals surface area contributed by atoms with Crippen LogP contribution in [0.5, 0.6) is 0 Å². The Balaban J connectivity index is 2.00. The minimum atomic E-state index is 0.251. The van der Waals surface area contributed by atoms with Crippen molar-refractivity contribution in [1.29, 1.82) is 0 Å². The molecule has 0 aliphatic heterocycles. The van der Waals surface area contributed by atoms with Gasteiger partial charge < -0.3 is 15.4 Å². The maximum atomic E-state index is 5.39. The summed E-state index contributed by atoms with van der Waals surface area (Å²) in [5.74, 6) is 1.13. The summed E-state index contributed by atoms with van der Waals surface area (Å²) in [4.78, 5) is 4.86. The molecule has 0 aliphatic carbocycles. The normalized spacial score (nSPS) is 11.6. The van der Waals surface area contributed by atoms with Crippen molar-refractivity contribution in [3.63, 3.8) is 0 Å². The standard InChI is InChI=1S/C23H33N3O/c1-3-24-23(25-17-11-12-18-27-4-2)26-19-22(20-13-7-5-8-14-20)21-15-9-6-10-16-21/h5-10,13-16,22H,3-4,11-12,17-19H2,1-2H3,(H2,24,25,26). The fourth-order valence-corrected chi connectivity index (χ4v) is 2.98. The van der Waals surface area contributed by atoms with E-state index in [1.807, 2.05) is 6.92 Å². The van der Waals surface area contributed by atoms with Gasteiger partial charge in [-0.05, 0) is 37.8 Å². The third kappa shape index (κ3) is 7.83. The van der Waals surface area contributed by atoms with E-state index in [-0.39, 0.29) is 5.92 Å². The molecule has 0 radical (unpaired) electrons. The second kappa shape index (κ2) is 12.9.